The number of benzene rings is 1. The van der Waals surface area contributed by atoms with Crippen LogP contribution < -0.4 is 5.32 Å². The Kier molecular flexibility index (Phi) is 6.90. The van der Waals surface area contributed by atoms with Gasteiger partial charge in [-0.15, -0.1) is 23.1 Å². The van der Waals surface area contributed by atoms with Crippen molar-refractivity contribution in [2.45, 2.75) is 44.1 Å². The summed E-state index contributed by atoms with van der Waals surface area (Å²) < 4.78 is 0. The lowest BCUT2D eigenvalue weighted by Crippen LogP contribution is -2.12. The van der Waals surface area contributed by atoms with Crippen molar-refractivity contribution in [3.05, 3.63) is 63.5 Å². The number of nitrogens with zero attached hydrogens (tertiary/aromatic N) is 3. The number of nitriles is 2. The van der Waals surface area contributed by atoms with Gasteiger partial charge in [0.05, 0.1) is 16.8 Å². The van der Waals surface area contributed by atoms with Crippen molar-refractivity contribution in [3.63, 3.8) is 0 Å². The molecule has 160 valence electrons. The molecule has 0 radical (unpaired) electrons. The number of aromatic nitrogens is 1. The topological polar surface area (TPSA) is 89.6 Å². The van der Waals surface area contributed by atoms with Gasteiger partial charge in [-0.2, -0.15) is 10.5 Å². The molecule has 0 spiro atoms. The van der Waals surface area contributed by atoms with Gasteiger partial charge in [0.1, 0.15) is 22.2 Å². The fourth-order valence-electron chi connectivity index (χ4n) is 3.72. The van der Waals surface area contributed by atoms with E-state index in [0.717, 1.165) is 42.5 Å². The molecule has 0 unspecified atom stereocenters. The average Bonchev–Trinajstić information content (AvgIpc) is 3.16. The van der Waals surface area contributed by atoms with E-state index in [0.29, 0.717) is 26.9 Å². The number of hydrogen-bond donors (Lipinski definition) is 1. The number of thioether (sulfide) groups is 1. The SMILES string of the molecule is Cc1ccc(-c2ccc(C#N)c(SCCC(=O)Nc3sc4c(c3C#N)CCCC4)n2)cc1. The van der Waals surface area contributed by atoms with Crippen LogP contribution in [0.15, 0.2) is 41.4 Å². The largest absolute Gasteiger partial charge is 0.317 e. The van der Waals surface area contributed by atoms with Crippen LogP contribution in [-0.4, -0.2) is 16.6 Å². The number of pyridine rings is 1. The standard InChI is InChI=1S/C25H22N4OS2/c1-16-6-8-17(9-7-16)21-11-10-18(14-26)24(28-21)31-13-12-23(30)29-25-20(15-27)19-4-2-3-5-22(19)32-25/h6-11H,2-5,12-13H2,1H3,(H,29,30). The van der Waals surface area contributed by atoms with E-state index in [2.05, 4.69) is 22.4 Å². The second-order valence-electron chi connectivity index (χ2n) is 7.70. The van der Waals surface area contributed by atoms with Crippen LogP contribution in [0.5, 0.6) is 0 Å². The Hall–Kier alpha value is -3.13. The molecule has 5 nitrogen and oxygen atoms in total. The summed E-state index contributed by atoms with van der Waals surface area (Å²) in [5.74, 6) is 0.374. The van der Waals surface area contributed by atoms with E-state index < -0.39 is 0 Å². The molecule has 0 bridgehead atoms. The lowest BCUT2D eigenvalue weighted by molar-refractivity contribution is -0.115. The summed E-state index contributed by atoms with van der Waals surface area (Å²) >= 11 is 2.94. The van der Waals surface area contributed by atoms with Crippen LogP contribution in [0.1, 0.15) is 46.4 Å². The summed E-state index contributed by atoms with van der Waals surface area (Å²) in [6.07, 6.45) is 4.41. The lowest BCUT2D eigenvalue weighted by atomic mass is 9.96. The first-order chi connectivity index (χ1) is 15.6. The highest BCUT2D eigenvalue weighted by atomic mass is 32.2. The highest BCUT2D eigenvalue weighted by Gasteiger charge is 2.21. The molecule has 2 aromatic heterocycles. The molecule has 0 fully saturated rings. The Morgan fingerprint density at radius 3 is 2.66 bits per heavy atom. The third-order valence-electron chi connectivity index (χ3n) is 5.43. The van der Waals surface area contributed by atoms with Gasteiger partial charge in [0.15, 0.2) is 0 Å². The lowest BCUT2D eigenvalue weighted by Gasteiger charge is -2.09. The second kappa shape index (κ2) is 9.99. The molecule has 3 aromatic rings. The Morgan fingerprint density at radius 2 is 1.91 bits per heavy atom. The first-order valence-corrected chi connectivity index (χ1v) is 12.3. The summed E-state index contributed by atoms with van der Waals surface area (Å²) in [6.45, 7) is 2.04. The van der Waals surface area contributed by atoms with Gasteiger partial charge < -0.3 is 5.32 Å². The van der Waals surface area contributed by atoms with Gasteiger partial charge in [-0.05, 0) is 50.3 Å². The maximum absolute atomic E-state index is 12.5. The number of aryl methyl sites for hydroxylation is 2. The van der Waals surface area contributed by atoms with Crippen LogP contribution in [0.3, 0.4) is 0 Å². The zero-order chi connectivity index (χ0) is 22.5. The molecule has 1 N–H and O–H groups in total. The molecule has 0 atom stereocenters. The van der Waals surface area contributed by atoms with Gasteiger partial charge in [-0.25, -0.2) is 4.98 Å². The molecule has 0 aliphatic heterocycles. The number of amides is 1. The number of thiophene rings is 1. The molecule has 1 aliphatic rings. The Labute approximate surface area is 196 Å². The smallest absolute Gasteiger partial charge is 0.225 e. The van der Waals surface area contributed by atoms with Crippen molar-refractivity contribution < 1.29 is 4.79 Å². The molecule has 1 amide bonds. The summed E-state index contributed by atoms with van der Waals surface area (Å²) in [5.41, 5.74) is 5.22. The Balaban J connectivity index is 1.41. The minimum Gasteiger partial charge on any atom is -0.317 e. The third kappa shape index (κ3) is 4.85. The normalized spacial score (nSPS) is 12.5. The van der Waals surface area contributed by atoms with Crippen molar-refractivity contribution in [2.24, 2.45) is 0 Å². The molecule has 1 aliphatic carbocycles. The van der Waals surface area contributed by atoms with Crippen molar-refractivity contribution >= 4 is 34.0 Å². The van der Waals surface area contributed by atoms with Crippen molar-refractivity contribution in [1.82, 2.24) is 4.98 Å². The molecular weight excluding hydrogens is 436 g/mol. The highest BCUT2D eigenvalue weighted by Crippen LogP contribution is 2.37. The van der Waals surface area contributed by atoms with Crippen molar-refractivity contribution in [2.75, 3.05) is 11.1 Å². The molecule has 0 saturated carbocycles. The number of anilines is 1. The maximum Gasteiger partial charge on any atom is 0.225 e. The average molecular weight is 459 g/mol. The number of nitrogens with one attached hydrogen (secondary N) is 1. The van der Waals surface area contributed by atoms with Gasteiger partial charge >= 0.3 is 0 Å². The molecule has 1 aromatic carbocycles. The van der Waals surface area contributed by atoms with Crippen LogP contribution in [0.25, 0.3) is 11.3 Å². The van der Waals surface area contributed by atoms with E-state index in [1.54, 1.807) is 6.07 Å². The van der Waals surface area contributed by atoms with Gasteiger partial charge in [0, 0.05) is 22.6 Å². The molecule has 4 rings (SSSR count). The van der Waals surface area contributed by atoms with Gasteiger partial charge in [0.25, 0.3) is 0 Å². The summed E-state index contributed by atoms with van der Waals surface area (Å²) in [4.78, 5) is 18.4. The fraction of sp³-hybridized carbons (Fsp3) is 0.280. The van der Waals surface area contributed by atoms with E-state index >= 15 is 0 Å². The van der Waals surface area contributed by atoms with E-state index in [1.165, 1.54) is 33.5 Å². The van der Waals surface area contributed by atoms with E-state index in [4.69, 9.17) is 0 Å². The zero-order valence-corrected chi connectivity index (χ0v) is 19.4. The number of hydrogen-bond acceptors (Lipinski definition) is 6. The van der Waals surface area contributed by atoms with Crippen molar-refractivity contribution in [3.8, 4) is 23.4 Å². The van der Waals surface area contributed by atoms with Gasteiger partial charge in [-0.1, -0.05) is 29.8 Å². The van der Waals surface area contributed by atoms with E-state index in [9.17, 15) is 15.3 Å². The first kappa shape index (κ1) is 22.1. The summed E-state index contributed by atoms with van der Waals surface area (Å²) in [6, 6.07) is 16.2. The second-order valence-corrected chi connectivity index (χ2v) is 9.89. The van der Waals surface area contributed by atoms with Gasteiger partial charge in [0.2, 0.25) is 5.91 Å². The molecular formula is C25H22N4OS2. The van der Waals surface area contributed by atoms with Gasteiger partial charge in [-0.3, -0.25) is 4.79 Å². The highest BCUT2D eigenvalue weighted by molar-refractivity contribution is 7.99. The number of rotatable bonds is 6. The molecule has 0 saturated heterocycles. The maximum atomic E-state index is 12.5. The zero-order valence-electron chi connectivity index (χ0n) is 17.8. The Bertz CT molecular complexity index is 1230. The minimum atomic E-state index is -0.124. The fourth-order valence-corrected chi connectivity index (χ4v) is 5.89. The third-order valence-corrected chi connectivity index (χ3v) is 7.63. The number of carbonyl (C=O) groups excluding carboxylic acids is 1. The molecule has 32 heavy (non-hydrogen) atoms. The predicted molar refractivity (Wildman–Crippen MR) is 129 cm³/mol. The van der Waals surface area contributed by atoms with Crippen LogP contribution in [0, 0.1) is 29.6 Å². The minimum absolute atomic E-state index is 0.124. The molecule has 2 heterocycles. The van der Waals surface area contributed by atoms with Crippen LogP contribution in [0.4, 0.5) is 5.00 Å². The number of carbonyl (C=O) groups is 1. The van der Waals surface area contributed by atoms with E-state index in [1.807, 2.05) is 37.3 Å². The summed E-state index contributed by atoms with van der Waals surface area (Å²) in [5, 5.41) is 23.2. The number of fused-ring (bicyclic) bond motifs is 1. The summed E-state index contributed by atoms with van der Waals surface area (Å²) in [7, 11) is 0. The molecule has 7 heteroatoms. The Morgan fingerprint density at radius 1 is 1.12 bits per heavy atom. The van der Waals surface area contributed by atoms with E-state index in [-0.39, 0.29) is 12.3 Å². The van der Waals surface area contributed by atoms with Crippen LogP contribution in [-0.2, 0) is 17.6 Å². The quantitative estimate of drug-likeness (QED) is 0.467. The first-order valence-electron chi connectivity index (χ1n) is 10.5. The van der Waals surface area contributed by atoms with Crippen molar-refractivity contribution in [1.29, 1.82) is 10.5 Å². The predicted octanol–water partition coefficient (Wildman–Crippen LogP) is 5.86. The monoisotopic (exact) mass is 458 g/mol. The van der Waals surface area contributed by atoms with Crippen LogP contribution >= 0.6 is 23.1 Å². The van der Waals surface area contributed by atoms with Crippen LogP contribution in [0.2, 0.25) is 0 Å².